The summed E-state index contributed by atoms with van der Waals surface area (Å²) in [6, 6.07) is 3.66. The molecular weight excluding hydrogens is 260 g/mol. The molecule has 0 bridgehead atoms. The molecule has 0 spiro atoms. The lowest BCUT2D eigenvalue weighted by Gasteiger charge is -2.09. The first kappa shape index (κ1) is 14.5. The molecule has 15 heavy (non-hydrogen) atoms. The van der Waals surface area contributed by atoms with Gasteiger partial charge in [0.2, 0.25) is 5.24 Å². The van der Waals surface area contributed by atoms with Crippen molar-refractivity contribution < 1.29 is 9.90 Å². The molecule has 6 heteroatoms. The standard InChI is InChI=1S/C9H9Cl2NO2.ClH/c10-4-6-3-5(1-2-7(6)13)8(12)9(11)14;/h1-3,8,13H,4,12H2;1H. The molecule has 0 fully saturated rings. The van der Waals surface area contributed by atoms with E-state index in [1.807, 2.05) is 0 Å². The average molecular weight is 271 g/mol. The lowest BCUT2D eigenvalue weighted by atomic mass is 10.1. The zero-order valence-electron chi connectivity index (χ0n) is 7.61. The topological polar surface area (TPSA) is 63.3 Å². The second-order valence-corrected chi connectivity index (χ2v) is 3.44. The molecule has 0 radical (unpaired) electrons. The molecule has 84 valence electrons. The van der Waals surface area contributed by atoms with Crippen LogP contribution in [0.2, 0.25) is 0 Å². The summed E-state index contributed by atoms with van der Waals surface area (Å²) in [7, 11) is 0. The van der Waals surface area contributed by atoms with Crippen LogP contribution in [0.1, 0.15) is 17.2 Å². The third-order valence-electron chi connectivity index (χ3n) is 1.85. The quantitative estimate of drug-likeness (QED) is 0.654. The molecule has 0 heterocycles. The zero-order valence-corrected chi connectivity index (χ0v) is 9.94. The summed E-state index contributed by atoms with van der Waals surface area (Å²) < 4.78 is 0. The number of carbonyl (C=O) groups is 1. The van der Waals surface area contributed by atoms with Crippen LogP contribution in [0.15, 0.2) is 18.2 Å². The van der Waals surface area contributed by atoms with Crippen molar-refractivity contribution in [2.24, 2.45) is 5.73 Å². The first-order chi connectivity index (χ1) is 6.56. The molecule has 1 atom stereocenters. The van der Waals surface area contributed by atoms with E-state index >= 15 is 0 Å². The van der Waals surface area contributed by atoms with Crippen LogP contribution in [0.5, 0.6) is 5.75 Å². The first-order valence-electron chi connectivity index (χ1n) is 3.89. The fraction of sp³-hybridized carbons (Fsp3) is 0.222. The van der Waals surface area contributed by atoms with Crippen LogP contribution in [0.3, 0.4) is 0 Å². The van der Waals surface area contributed by atoms with Crippen molar-refractivity contribution in [2.75, 3.05) is 0 Å². The molecule has 0 saturated heterocycles. The largest absolute Gasteiger partial charge is 0.508 e. The van der Waals surface area contributed by atoms with Gasteiger partial charge < -0.3 is 10.8 Å². The van der Waals surface area contributed by atoms with Crippen molar-refractivity contribution in [3.05, 3.63) is 29.3 Å². The zero-order chi connectivity index (χ0) is 10.7. The second-order valence-electron chi connectivity index (χ2n) is 2.80. The number of hydrogen-bond acceptors (Lipinski definition) is 3. The number of halogens is 3. The van der Waals surface area contributed by atoms with Gasteiger partial charge in [0.25, 0.3) is 0 Å². The van der Waals surface area contributed by atoms with Crippen molar-refractivity contribution in [1.29, 1.82) is 0 Å². The van der Waals surface area contributed by atoms with E-state index in [0.29, 0.717) is 11.1 Å². The molecule has 0 saturated carbocycles. The average Bonchev–Trinajstić information content (AvgIpc) is 2.17. The number of alkyl halides is 1. The van der Waals surface area contributed by atoms with Gasteiger partial charge in [-0.1, -0.05) is 6.07 Å². The fourth-order valence-corrected chi connectivity index (χ4v) is 1.38. The lowest BCUT2D eigenvalue weighted by molar-refractivity contribution is -0.112. The molecule has 1 aromatic carbocycles. The number of rotatable bonds is 3. The van der Waals surface area contributed by atoms with E-state index in [1.54, 1.807) is 6.07 Å². The maximum atomic E-state index is 10.8. The second kappa shape index (κ2) is 6.18. The Labute approximate surface area is 104 Å². The van der Waals surface area contributed by atoms with E-state index in [0.717, 1.165) is 0 Å². The van der Waals surface area contributed by atoms with Gasteiger partial charge in [-0.25, -0.2) is 0 Å². The number of aromatic hydroxyl groups is 1. The predicted octanol–water partition coefficient (Wildman–Crippen LogP) is 2.32. The maximum Gasteiger partial charge on any atom is 0.242 e. The van der Waals surface area contributed by atoms with Crippen molar-refractivity contribution >= 4 is 40.9 Å². The Morgan fingerprint density at radius 1 is 1.53 bits per heavy atom. The number of benzene rings is 1. The summed E-state index contributed by atoms with van der Waals surface area (Å²) in [6.07, 6.45) is 0. The monoisotopic (exact) mass is 269 g/mol. The van der Waals surface area contributed by atoms with Crippen LogP contribution in [0.25, 0.3) is 0 Å². The van der Waals surface area contributed by atoms with Gasteiger partial charge in [-0.15, -0.1) is 24.0 Å². The summed E-state index contributed by atoms with van der Waals surface area (Å²) in [5, 5.41) is 8.67. The Morgan fingerprint density at radius 3 is 2.60 bits per heavy atom. The Morgan fingerprint density at radius 2 is 2.13 bits per heavy atom. The summed E-state index contributed by atoms with van der Waals surface area (Å²) in [4.78, 5) is 10.8. The van der Waals surface area contributed by atoms with E-state index < -0.39 is 11.3 Å². The third kappa shape index (κ3) is 3.54. The highest BCUT2D eigenvalue weighted by atomic mass is 35.5. The molecule has 3 nitrogen and oxygen atoms in total. The van der Waals surface area contributed by atoms with Gasteiger partial charge >= 0.3 is 0 Å². The van der Waals surface area contributed by atoms with Gasteiger partial charge in [0, 0.05) is 5.56 Å². The smallest absolute Gasteiger partial charge is 0.242 e. The molecule has 1 rings (SSSR count). The number of phenols is 1. The number of hydrogen-bond donors (Lipinski definition) is 2. The molecule has 0 aliphatic carbocycles. The molecule has 0 aliphatic rings. The molecule has 1 unspecified atom stereocenters. The third-order valence-corrected chi connectivity index (χ3v) is 2.37. The molecular formula is C9H10Cl3NO2. The number of phenolic OH excluding ortho intramolecular Hbond substituents is 1. The predicted molar refractivity (Wildman–Crippen MR) is 62.7 cm³/mol. The van der Waals surface area contributed by atoms with Crippen LogP contribution < -0.4 is 5.73 Å². The summed E-state index contributed by atoms with van der Waals surface area (Å²) in [5.41, 5.74) is 6.57. The fourth-order valence-electron chi connectivity index (χ4n) is 1.04. The Kier molecular flexibility index (Phi) is 5.98. The highest BCUT2D eigenvalue weighted by Crippen LogP contribution is 2.23. The maximum absolute atomic E-state index is 10.8. The van der Waals surface area contributed by atoms with E-state index in [2.05, 4.69) is 0 Å². The number of carbonyl (C=O) groups excluding carboxylic acids is 1. The minimum atomic E-state index is -0.876. The molecule has 1 aromatic rings. The molecule has 0 aliphatic heterocycles. The molecule has 0 aromatic heterocycles. The summed E-state index contributed by atoms with van der Waals surface area (Å²) >= 11 is 10.8. The minimum Gasteiger partial charge on any atom is -0.508 e. The van der Waals surface area contributed by atoms with Crippen LogP contribution in [-0.2, 0) is 10.7 Å². The van der Waals surface area contributed by atoms with E-state index in [1.165, 1.54) is 12.1 Å². The Bertz CT molecular complexity index is 357. The SMILES string of the molecule is Cl.NC(C(=O)Cl)c1ccc(O)c(CCl)c1. The van der Waals surface area contributed by atoms with Crippen LogP contribution in [-0.4, -0.2) is 10.3 Å². The van der Waals surface area contributed by atoms with Crippen molar-refractivity contribution in [1.82, 2.24) is 0 Å². The number of nitrogens with two attached hydrogens (primary N) is 1. The summed E-state index contributed by atoms with van der Waals surface area (Å²) in [5.74, 6) is 0.237. The van der Waals surface area contributed by atoms with Crippen LogP contribution in [0, 0.1) is 0 Å². The normalized spacial score (nSPS) is 11.7. The van der Waals surface area contributed by atoms with Gasteiger partial charge in [-0.3, -0.25) is 4.79 Å². The molecule has 0 amide bonds. The Hall–Kier alpha value is -0.480. The van der Waals surface area contributed by atoms with Crippen LogP contribution >= 0.6 is 35.6 Å². The van der Waals surface area contributed by atoms with Crippen molar-refractivity contribution in [2.45, 2.75) is 11.9 Å². The van der Waals surface area contributed by atoms with Gasteiger partial charge in [0.05, 0.1) is 5.88 Å². The van der Waals surface area contributed by atoms with Gasteiger partial charge in [0.1, 0.15) is 11.8 Å². The highest BCUT2D eigenvalue weighted by molar-refractivity contribution is 6.64. The van der Waals surface area contributed by atoms with Crippen LogP contribution in [0.4, 0.5) is 0 Å². The highest BCUT2D eigenvalue weighted by Gasteiger charge is 2.14. The van der Waals surface area contributed by atoms with E-state index in [-0.39, 0.29) is 24.0 Å². The van der Waals surface area contributed by atoms with Gasteiger partial charge in [0.15, 0.2) is 0 Å². The van der Waals surface area contributed by atoms with Crippen molar-refractivity contribution in [3.8, 4) is 5.75 Å². The Balaban J connectivity index is 0.00000196. The minimum absolute atomic E-state index is 0. The van der Waals surface area contributed by atoms with E-state index in [9.17, 15) is 9.90 Å². The van der Waals surface area contributed by atoms with Gasteiger partial charge in [-0.2, -0.15) is 0 Å². The van der Waals surface area contributed by atoms with Gasteiger partial charge in [-0.05, 0) is 29.3 Å². The first-order valence-corrected chi connectivity index (χ1v) is 4.80. The summed E-state index contributed by atoms with van der Waals surface area (Å²) in [6.45, 7) is 0. The van der Waals surface area contributed by atoms with Crippen molar-refractivity contribution in [3.63, 3.8) is 0 Å². The molecule has 3 N–H and O–H groups in total. The lowest BCUT2D eigenvalue weighted by Crippen LogP contribution is -2.16. The van der Waals surface area contributed by atoms with E-state index in [4.69, 9.17) is 28.9 Å².